The molecule has 1 unspecified atom stereocenters. The van der Waals surface area contributed by atoms with Gasteiger partial charge in [0.2, 0.25) is 0 Å². The lowest BCUT2D eigenvalue weighted by atomic mass is 9.89. The highest BCUT2D eigenvalue weighted by atomic mass is 28.4. The van der Waals surface area contributed by atoms with Crippen LogP contribution in [-0.2, 0) is 15.8 Å². The highest BCUT2D eigenvalue weighted by Gasteiger charge is 2.42. The Morgan fingerprint density at radius 3 is 2.43 bits per heavy atom. The predicted octanol–water partition coefficient (Wildman–Crippen LogP) is 6.59. The van der Waals surface area contributed by atoms with Crippen LogP contribution in [0.3, 0.4) is 0 Å². The summed E-state index contributed by atoms with van der Waals surface area (Å²) in [6.45, 7) is 17.1. The average molecular weight is 405 g/mol. The summed E-state index contributed by atoms with van der Waals surface area (Å²) in [5.41, 5.74) is 1.19. The summed E-state index contributed by atoms with van der Waals surface area (Å²) in [7, 11) is -0.104. The van der Waals surface area contributed by atoms with E-state index in [4.69, 9.17) is 13.9 Å². The van der Waals surface area contributed by atoms with Crippen LogP contribution in [0, 0.1) is 11.8 Å². The number of hydrogen-bond acceptors (Lipinski definition) is 3. The minimum atomic E-state index is -1.80. The van der Waals surface area contributed by atoms with Crippen LogP contribution in [0.5, 0.6) is 5.75 Å². The second-order valence-corrected chi connectivity index (χ2v) is 14.4. The lowest BCUT2D eigenvalue weighted by Gasteiger charge is -2.41. The van der Waals surface area contributed by atoms with Crippen molar-refractivity contribution in [3.8, 4) is 5.75 Å². The standard InChI is InChI=1S/C24H40O3Si/c1-8-10-23(27-28(6,7)24(2,3)4)22-12-9-11-20(22)18-26-17-19-13-15-21(25-5)16-14-19/h8,13-16,20,22-23H,1,9-12,17-18H2,2-7H3/t20-,22?,23-/m1/s1. The lowest BCUT2D eigenvalue weighted by molar-refractivity contribution is 0.0345. The van der Waals surface area contributed by atoms with Gasteiger partial charge >= 0.3 is 0 Å². The molecule has 1 saturated carbocycles. The second-order valence-electron chi connectivity index (χ2n) is 9.66. The molecule has 28 heavy (non-hydrogen) atoms. The van der Waals surface area contributed by atoms with Crippen molar-refractivity contribution in [3.05, 3.63) is 42.5 Å². The molecule has 1 aliphatic rings. The van der Waals surface area contributed by atoms with Crippen LogP contribution in [0.25, 0.3) is 0 Å². The maximum Gasteiger partial charge on any atom is 0.192 e. The first-order valence-corrected chi connectivity index (χ1v) is 13.6. The highest BCUT2D eigenvalue weighted by molar-refractivity contribution is 6.74. The Bertz CT molecular complexity index is 603. The topological polar surface area (TPSA) is 27.7 Å². The van der Waals surface area contributed by atoms with Crippen LogP contribution in [0.2, 0.25) is 18.1 Å². The van der Waals surface area contributed by atoms with Crippen LogP contribution >= 0.6 is 0 Å². The van der Waals surface area contributed by atoms with Crippen LogP contribution in [0.1, 0.15) is 52.0 Å². The normalized spacial score (nSPS) is 21.5. The Hall–Kier alpha value is -1.10. The van der Waals surface area contributed by atoms with Crippen molar-refractivity contribution < 1.29 is 13.9 Å². The first-order valence-electron chi connectivity index (χ1n) is 10.7. The minimum Gasteiger partial charge on any atom is -0.497 e. The third-order valence-corrected chi connectivity index (χ3v) is 11.1. The molecule has 0 saturated heterocycles. The first-order chi connectivity index (χ1) is 13.2. The second kappa shape index (κ2) is 10.1. The van der Waals surface area contributed by atoms with Crippen LogP contribution < -0.4 is 4.74 Å². The molecule has 1 fully saturated rings. The molecule has 0 bridgehead atoms. The maximum atomic E-state index is 6.85. The van der Waals surface area contributed by atoms with E-state index in [0.29, 0.717) is 18.4 Å². The molecule has 0 radical (unpaired) electrons. The molecule has 0 aromatic heterocycles. The monoisotopic (exact) mass is 404 g/mol. The Morgan fingerprint density at radius 2 is 1.86 bits per heavy atom. The van der Waals surface area contributed by atoms with E-state index in [1.165, 1.54) is 24.8 Å². The van der Waals surface area contributed by atoms with Gasteiger partial charge in [-0.2, -0.15) is 0 Å². The van der Waals surface area contributed by atoms with E-state index < -0.39 is 8.32 Å². The van der Waals surface area contributed by atoms with E-state index in [0.717, 1.165) is 18.8 Å². The summed E-state index contributed by atoms with van der Waals surface area (Å²) >= 11 is 0. The summed E-state index contributed by atoms with van der Waals surface area (Å²) in [5, 5.41) is 0.228. The first kappa shape index (κ1) is 23.2. The zero-order valence-electron chi connectivity index (χ0n) is 18.8. The molecule has 3 atom stereocenters. The summed E-state index contributed by atoms with van der Waals surface area (Å²) in [6.07, 6.45) is 6.99. The fourth-order valence-corrected chi connectivity index (χ4v) is 5.22. The molecule has 1 aromatic rings. The van der Waals surface area contributed by atoms with Gasteiger partial charge in [-0.25, -0.2) is 0 Å². The van der Waals surface area contributed by atoms with Gasteiger partial charge in [0.05, 0.1) is 26.4 Å². The van der Waals surface area contributed by atoms with E-state index in [2.05, 4.69) is 52.6 Å². The van der Waals surface area contributed by atoms with Gasteiger partial charge in [-0.05, 0) is 66.9 Å². The molecule has 4 heteroatoms. The maximum absolute atomic E-state index is 6.85. The molecule has 1 aliphatic carbocycles. The predicted molar refractivity (Wildman–Crippen MR) is 120 cm³/mol. The van der Waals surface area contributed by atoms with Crippen molar-refractivity contribution in [2.24, 2.45) is 11.8 Å². The number of hydrogen-bond donors (Lipinski definition) is 0. The molecule has 1 aromatic carbocycles. The fourth-order valence-electron chi connectivity index (χ4n) is 3.84. The van der Waals surface area contributed by atoms with Crippen LogP contribution in [0.4, 0.5) is 0 Å². The van der Waals surface area contributed by atoms with Gasteiger partial charge in [0.1, 0.15) is 5.75 Å². The molecule has 0 N–H and O–H groups in total. The van der Waals surface area contributed by atoms with Gasteiger partial charge in [0, 0.05) is 0 Å². The summed E-state index contributed by atoms with van der Waals surface area (Å²) < 4.78 is 18.2. The molecule has 0 amide bonds. The Labute approximate surface area is 173 Å². The molecule has 0 heterocycles. The van der Waals surface area contributed by atoms with Gasteiger partial charge in [-0.1, -0.05) is 45.4 Å². The average Bonchev–Trinajstić information content (AvgIpc) is 3.09. The number of rotatable bonds is 10. The van der Waals surface area contributed by atoms with Gasteiger partial charge in [-0.15, -0.1) is 6.58 Å². The third-order valence-electron chi connectivity index (χ3n) is 6.61. The van der Waals surface area contributed by atoms with E-state index >= 15 is 0 Å². The van der Waals surface area contributed by atoms with Crippen LogP contribution in [-0.4, -0.2) is 28.1 Å². The smallest absolute Gasteiger partial charge is 0.192 e. The number of ether oxygens (including phenoxy) is 2. The van der Waals surface area contributed by atoms with Gasteiger partial charge in [0.15, 0.2) is 8.32 Å². The SMILES string of the molecule is C=CC[C@@H](O[Si](C)(C)C(C)(C)C)C1CCC[C@@H]1COCc1ccc(OC)cc1. The zero-order valence-corrected chi connectivity index (χ0v) is 19.8. The molecular formula is C24H40O3Si. The molecule has 2 rings (SSSR count). The third kappa shape index (κ3) is 6.20. The van der Waals surface area contributed by atoms with Crippen molar-refractivity contribution in [3.63, 3.8) is 0 Å². The van der Waals surface area contributed by atoms with Gasteiger partial charge < -0.3 is 13.9 Å². The van der Waals surface area contributed by atoms with Crippen molar-refractivity contribution in [2.75, 3.05) is 13.7 Å². The van der Waals surface area contributed by atoms with Crippen LogP contribution in [0.15, 0.2) is 36.9 Å². The Balaban J connectivity index is 1.95. The molecular weight excluding hydrogens is 364 g/mol. The summed E-state index contributed by atoms with van der Waals surface area (Å²) in [6, 6.07) is 8.13. The van der Waals surface area contributed by atoms with Gasteiger partial charge in [0.25, 0.3) is 0 Å². The Morgan fingerprint density at radius 1 is 1.18 bits per heavy atom. The molecule has 3 nitrogen and oxygen atoms in total. The number of benzene rings is 1. The highest BCUT2D eigenvalue weighted by Crippen LogP contribution is 2.42. The molecule has 0 spiro atoms. The molecule has 0 aliphatic heterocycles. The van der Waals surface area contributed by atoms with Crippen molar-refractivity contribution >= 4 is 8.32 Å². The lowest BCUT2D eigenvalue weighted by Crippen LogP contribution is -2.46. The van der Waals surface area contributed by atoms with Crippen molar-refractivity contribution in [2.45, 2.75) is 77.3 Å². The molecule has 158 valence electrons. The van der Waals surface area contributed by atoms with E-state index in [9.17, 15) is 0 Å². The van der Waals surface area contributed by atoms with E-state index in [-0.39, 0.29) is 11.1 Å². The fraction of sp³-hybridized carbons (Fsp3) is 0.667. The zero-order chi connectivity index (χ0) is 20.8. The van der Waals surface area contributed by atoms with E-state index in [1.54, 1.807) is 7.11 Å². The number of methoxy groups -OCH3 is 1. The summed E-state index contributed by atoms with van der Waals surface area (Å²) in [5.74, 6) is 2.03. The largest absolute Gasteiger partial charge is 0.497 e. The summed E-state index contributed by atoms with van der Waals surface area (Å²) in [4.78, 5) is 0. The quantitative estimate of drug-likeness (QED) is 0.325. The minimum absolute atomic E-state index is 0.228. The van der Waals surface area contributed by atoms with Gasteiger partial charge in [-0.3, -0.25) is 0 Å². The van der Waals surface area contributed by atoms with E-state index in [1.807, 2.05) is 18.2 Å². The van der Waals surface area contributed by atoms with Crippen molar-refractivity contribution in [1.82, 2.24) is 0 Å². The van der Waals surface area contributed by atoms with Crippen molar-refractivity contribution in [1.29, 1.82) is 0 Å². The Kier molecular flexibility index (Phi) is 8.35.